The standard InChI is InChI=1S/C20H24Cl2N2O2/c1-3-10-24(13-16-6-4-5-7-19(16)25)14-20(26)23(2)12-15-8-9-17(21)18(22)11-15/h4-9,11,25H,3,10,12-14H2,1-2H3. The van der Waals surface area contributed by atoms with Crippen molar-refractivity contribution in [3.05, 3.63) is 63.6 Å². The number of likely N-dealkylation sites (N-methyl/N-ethyl adjacent to an activating group) is 1. The first kappa shape index (κ1) is 20.6. The van der Waals surface area contributed by atoms with Crippen molar-refractivity contribution < 1.29 is 9.90 Å². The number of aromatic hydroxyl groups is 1. The van der Waals surface area contributed by atoms with Crippen LogP contribution in [-0.2, 0) is 17.9 Å². The minimum atomic E-state index is 0.0138. The molecule has 0 fully saturated rings. The molecule has 0 saturated carbocycles. The quantitative estimate of drug-likeness (QED) is 0.712. The lowest BCUT2D eigenvalue weighted by Gasteiger charge is -2.25. The Morgan fingerprint density at radius 3 is 2.46 bits per heavy atom. The van der Waals surface area contributed by atoms with E-state index in [1.54, 1.807) is 36.2 Å². The summed E-state index contributed by atoms with van der Waals surface area (Å²) in [6.07, 6.45) is 0.928. The molecule has 0 bridgehead atoms. The second-order valence-corrected chi connectivity index (χ2v) is 7.15. The molecule has 26 heavy (non-hydrogen) atoms. The Balaban J connectivity index is 1.99. The Morgan fingerprint density at radius 1 is 1.08 bits per heavy atom. The summed E-state index contributed by atoms with van der Waals surface area (Å²) in [6.45, 7) is 4.14. The van der Waals surface area contributed by atoms with Crippen LogP contribution in [0.25, 0.3) is 0 Å². The number of phenolic OH excluding ortho intramolecular Hbond substituents is 1. The molecule has 0 unspecified atom stereocenters. The molecule has 1 amide bonds. The summed E-state index contributed by atoms with van der Waals surface area (Å²) in [5, 5.41) is 11.0. The first-order valence-corrected chi connectivity index (χ1v) is 9.33. The van der Waals surface area contributed by atoms with Crippen molar-refractivity contribution >= 4 is 29.1 Å². The molecule has 0 saturated heterocycles. The molecule has 4 nitrogen and oxygen atoms in total. The van der Waals surface area contributed by atoms with E-state index in [2.05, 4.69) is 6.92 Å². The molecule has 6 heteroatoms. The summed E-state index contributed by atoms with van der Waals surface area (Å²) in [6, 6.07) is 12.6. The van der Waals surface area contributed by atoms with Crippen LogP contribution in [0.5, 0.6) is 5.75 Å². The highest BCUT2D eigenvalue weighted by atomic mass is 35.5. The van der Waals surface area contributed by atoms with Crippen LogP contribution in [0.15, 0.2) is 42.5 Å². The van der Waals surface area contributed by atoms with Crippen LogP contribution in [0.2, 0.25) is 10.0 Å². The van der Waals surface area contributed by atoms with E-state index < -0.39 is 0 Å². The first-order chi connectivity index (χ1) is 12.4. The number of hydrogen-bond donors (Lipinski definition) is 1. The number of nitrogens with zero attached hydrogens (tertiary/aromatic N) is 2. The van der Waals surface area contributed by atoms with Crippen molar-refractivity contribution in [1.29, 1.82) is 0 Å². The molecule has 0 aliphatic carbocycles. The number of carbonyl (C=O) groups excluding carboxylic acids is 1. The summed E-state index contributed by atoms with van der Waals surface area (Å²) in [4.78, 5) is 16.3. The fourth-order valence-electron chi connectivity index (χ4n) is 2.73. The van der Waals surface area contributed by atoms with E-state index in [0.717, 1.165) is 24.1 Å². The molecule has 0 atom stereocenters. The van der Waals surface area contributed by atoms with Crippen LogP contribution < -0.4 is 0 Å². The van der Waals surface area contributed by atoms with Crippen LogP contribution in [0.3, 0.4) is 0 Å². The number of halogens is 2. The van der Waals surface area contributed by atoms with Crippen LogP contribution in [0.1, 0.15) is 24.5 Å². The predicted molar refractivity (Wildman–Crippen MR) is 107 cm³/mol. The highest BCUT2D eigenvalue weighted by Gasteiger charge is 2.16. The van der Waals surface area contributed by atoms with Crippen molar-refractivity contribution in [3.63, 3.8) is 0 Å². The summed E-state index contributed by atoms with van der Waals surface area (Å²) in [5.41, 5.74) is 1.75. The van der Waals surface area contributed by atoms with Crippen LogP contribution in [-0.4, -0.2) is 41.0 Å². The van der Waals surface area contributed by atoms with Crippen LogP contribution >= 0.6 is 23.2 Å². The van der Waals surface area contributed by atoms with Crippen molar-refractivity contribution in [1.82, 2.24) is 9.80 Å². The second kappa shape index (κ2) is 9.81. The van der Waals surface area contributed by atoms with Gasteiger partial charge in [0.25, 0.3) is 0 Å². The van der Waals surface area contributed by atoms with E-state index in [-0.39, 0.29) is 11.7 Å². The number of hydrogen-bond acceptors (Lipinski definition) is 3. The maximum Gasteiger partial charge on any atom is 0.236 e. The predicted octanol–water partition coefficient (Wildman–Crippen LogP) is 4.57. The number of carbonyl (C=O) groups is 1. The molecule has 0 aliphatic heterocycles. The highest BCUT2D eigenvalue weighted by molar-refractivity contribution is 6.42. The summed E-state index contributed by atoms with van der Waals surface area (Å²) < 4.78 is 0. The third kappa shape index (κ3) is 5.90. The highest BCUT2D eigenvalue weighted by Crippen LogP contribution is 2.23. The Bertz CT molecular complexity index is 752. The molecule has 0 heterocycles. The van der Waals surface area contributed by atoms with E-state index in [4.69, 9.17) is 23.2 Å². The van der Waals surface area contributed by atoms with Crippen molar-refractivity contribution in [2.24, 2.45) is 0 Å². The SMILES string of the molecule is CCCN(CC(=O)N(C)Cc1ccc(Cl)c(Cl)c1)Cc1ccccc1O. The molecule has 0 aromatic heterocycles. The zero-order valence-electron chi connectivity index (χ0n) is 15.1. The molecule has 140 valence electrons. The van der Waals surface area contributed by atoms with E-state index in [0.29, 0.717) is 29.7 Å². The zero-order valence-corrected chi connectivity index (χ0v) is 16.6. The van der Waals surface area contributed by atoms with Gasteiger partial charge in [-0.2, -0.15) is 0 Å². The monoisotopic (exact) mass is 394 g/mol. The number of phenols is 1. The Kier molecular flexibility index (Phi) is 7.76. The van der Waals surface area contributed by atoms with Gasteiger partial charge < -0.3 is 10.0 Å². The molecule has 2 rings (SSSR count). The average molecular weight is 395 g/mol. The summed E-state index contributed by atoms with van der Waals surface area (Å²) in [5.74, 6) is 0.269. The summed E-state index contributed by atoms with van der Waals surface area (Å²) in [7, 11) is 1.77. The zero-order chi connectivity index (χ0) is 19.1. The number of rotatable bonds is 8. The molecule has 1 N–H and O–H groups in total. The Morgan fingerprint density at radius 2 is 1.81 bits per heavy atom. The van der Waals surface area contributed by atoms with Gasteiger partial charge in [-0.1, -0.05) is 54.4 Å². The van der Waals surface area contributed by atoms with Crippen molar-refractivity contribution in [3.8, 4) is 5.75 Å². The molecule has 0 aliphatic rings. The lowest BCUT2D eigenvalue weighted by molar-refractivity contribution is -0.131. The minimum absolute atomic E-state index is 0.0138. The van der Waals surface area contributed by atoms with E-state index in [1.165, 1.54) is 0 Å². The van der Waals surface area contributed by atoms with Gasteiger partial charge >= 0.3 is 0 Å². The smallest absolute Gasteiger partial charge is 0.236 e. The van der Waals surface area contributed by atoms with E-state index >= 15 is 0 Å². The molecular formula is C20H24Cl2N2O2. The third-order valence-corrected chi connectivity index (χ3v) is 4.85. The van der Waals surface area contributed by atoms with Crippen LogP contribution in [0, 0.1) is 0 Å². The van der Waals surface area contributed by atoms with E-state index in [9.17, 15) is 9.90 Å². The van der Waals surface area contributed by atoms with Gasteiger partial charge in [0.1, 0.15) is 5.75 Å². The fourth-order valence-corrected chi connectivity index (χ4v) is 3.05. The van der Waals surface area contributed by atoms with Gasteiger partial charge in [0.2, 0.25) is 5.91 Å². The van der Waals surface area contributed by atoms with Gasteiger partial charge in [-0.3, -0.25) is 9.69 Å². The van der Waals surface area contributed by atoms with Crippen LogP contribution in [0.4, 0.5) is 0 Å². The summed E-state index contributed by atoms with van der Waals surface area (Å²) >= 11 is 12.0. The van der Waals surface area contributed by atoms with Gasteiger partial charge in [-0.15, -0.1) is 0 Å². The van der Waals surface area contributed by atoms with E-state index in [1.807, 2.05) is 23.1 Å². The Labute approximate surface area is 164 Å². The minimum Gasteiger partial charge on any atom is -0.508 e. The largest absolute Gasteiger partial charge is 0.508 e. The van der Waals surface area contributed by atoms with Crippen molar-refractivity contribution in [2.45, 2.75) is 26.4 Å². The van der Waals surface area contributed by atoms with Gasteiger partial charge in [0.05, 0.1) is 16.6 Å². The van der Waals surface area contributed by atoms with Gasteiger partial charge in [0, 0.05) is 25.7 Å². The van der Waals surface area contributed by atoms with Crippen molar-refractivity contribution in [2.75, 3.05) is 20.1 Å². The lowest BCUT2D eigenvalue weighted by atomic mass is 10.2. The molecule has 2 aromatic rings. The normalized spacial score (nSPS) is 11.0. The van der Waals surface area contributed by atoms with Gasteiger partial charge in [-0.25, -0.2) is 0 Å². The second-order valence-electron chi connectivity index (χ2n) is 6.34. The topological polar surface area (TPSA) is 43.8 Å². The maximum atomic E-state index is 12.6. The molecule has 0 spiro atoms. The average Bonchev–Trinajstić information content (AvgIpc) is 2.60. The van der Waals surface area contributed by atoms with Gasteiger partial charge in [0.15, 0.2) is 0 Å². The number of para-hydroxylation sites is 1. The molecular weight excluding hydrogens is 371 g/mol. The first-order valence-electron chi connectivity index (χ1n) is 8.57. The number of benzene rings is 2. The molecule has 0 radical (unpaired) electrons. The number of amides is 1. The maximum absolute atomic E-state index is 12.6. The third-order valence-electron chi connectivity index (χ3n) is 4.11. The molecule has 2 aromatic carbocycles. The fraction of sp³-hybridized carbons (Fsp3) is 0.350. The Hall–Kier alpha value is -1.75. The lowest BCUT2D eigenvalue weighted by Crippen LogP contribution is -2.38. The van der Waals surface area contributed by atoms with Gasteiger partial charge in [-0.05, 0) is 36.7 Å².